The lowest BCUT2D eigenvalue weighted by atomic mass is 10.2. The largest absolute Gasteiger partial charge is 0.489 e. The van der Waals surface area contributed by atoms with Crippen molar-refractivity contribution >= 4 is 35.7 Å². The van der Waals surface area contributed by atoms with Crippen LogP contribution in [-0.2, 0) is 15.7 Å². The number of aryl methyl sites for hydroxylation is 1. The minimum Gasteiger partial charge on any atom is -0.489 e. The van der Waals surface area contributed by atoms with Gasteiger partial charge in [-0.15, -0.1) is 0 Å². The first-order valence-electron chi connectivity index (χ1n) is 5.89. The Morgan fingerprint density at radius 2 is 1.95 bits per heavy atom. The van der Waals surface area contributed by atoms with Gasteiger partial charge in [0, 0.05) is 20.7 Å². The normalized spacial score (nSPS) is 11.4. The maximum absolute atomic E-state index is 13.6. The van der Waals surface area contributed by atoms with E-state index in [2.05, 4.69) is 15.9 Å². The molecule has 0 atom stereocenters. The molecule has 0 spiro atoms. The second kappa shape index (κ2) is 6.34. The molecule has 2 aromatic carbocycles. The van der Waals surface area contributed by atoms with Crippen LogP contribution in [0.1, 0.15) is 11.1 Å². The Kier molecular flexibility index (Phi) is 4.91. The van der Waals surface area contributed by atoms with Gasteiger partial charge in [-0.05, 0) is 48.9 Å². The van der Waals surface area contributed by atoms with Gasteiger partial charge in [0.15, 0.2) is 0 Å². The van der Waals surface area contributed by atoms with Crippen LogP contribution < -0.4 is 4.74 Å². The van der Waals surface area contributed by atoms with Crippen LogP contribution in [0.15, 0.2) is 45.8 Å². The minimum absolute atomic E-state index is 0.0325. The topological polar surface area (TPSA) is 43.4 Å². The van der Waals surface area contributed by atoms with Crippen molar-refractivity contribution in [2.75, 3.05) is 0 Å². The Hall–Kier alpha value is -1.11. The quantitative estimate of drug-likeness (QED) is 0.723. The van der Waals surface area contributed by atoms with Gasteiger partial charge in [-0.3, -0.25) is 0 Å². The fraction of sp³-hybridized carbons (Fsp3) is 0.143. The van der Waals surface area contributed by atoms with Gasteiger partial charge in [-0.2, -0.15) is 0 Å². The average Bonchev–Trinajstić information content (AvgIpc) is 2.38. The first kappa shape index (κ1) is 16.3. The van der Waals surface area contributed by atoms with Crippen LogP contribution in [0.4, 0.5) is 4.39 Å². The molecule has 0 aliphatic carbocycles. The van der Waals surface area contributed by atoms with Crippen LogP contribution in [0, 0.1) is 12.7 Å². The minimum atomic E-state index is -3.78. The van der Waals surface area contributed by atoms with Crippen LogP contribution >= 0.6 is 26.6 Å². The smallest absolute Gasteiger partial charge is 0.261 e. The molecule has 0 aliphatic heterocycles. The molecule has 0 saturated heterocycles. The van der Waals surface area contributed by atoms with Crippen molar-refractivity contribution in [1.29, 1.82) is 0 Å². The van der Waals surface area contributed by atoms with E-state index in [0.29, 0.717) is 16.9 Å². The van der Waals surface area contributed by atoms with Crippen molar-refractivity contribution in [1.82, 2.24) is 0 Å². The lowest BCUT2D eigenvalue weighted by Crippen LogP contribution is -2.00. The summed E-state index contributed by atoms with van der Waals surface area (Å²) in [5.74, 6) is 0.0748. The van der Waals surface area contributed by atoms with Gasteiger partial charge in [-0.1, -0.05) is 15.9 Å². The highest BCUT2D eigenvalue weighted by Crippen LogP contribution is 2.25. The van der Waals surface area contributed by atoms with Crippen molar-refractivity contribution < 1.29 is 17.5 Å². The molecule has 2 rings (SSSR count). The standard InChI is InChI=1S/C14H11BrClFO3S/c1-9-6-12(3-5-14(9)21(16,18)19)20-8-10-7-11(15)2-4-13(10)17/h2-7H,8H2,1H3. The zero-order valence-electron chi connectivity index (χ0n) is 10.9. The molecule has 0 aliphatic rings. The molecule has 7 heteroatoms. The summed E-state index contributed by atoms with van der Waals surface area (Å²) in [6, 6.07) is 8.97. The number of halogens is 3. The lowest BCUT2D eigenvalue weighted by molar-refractivity contribution is 0.299. The second-order valence-electron chi connectivity index (χ2n) is 4.39. The molecule has 0 unspecified atom stereocenters. The second-order valence-corrected chi connectivity index (χ2v) is 7.84. The molecule has 0 saturated carbocycles. The Balaban J connectivity index is 2.18. The summed E-state index contributed by atoms with van der Waals surface area (Å²) in [5.41, 5.74) is 0.869. The van der Waals surface area contributed by atoms with E-state index in [4.69, 9.17) is 15.4 Å². The molecule has 0 heterocycles. The van der Waals surface area contributed by atoms with Crippen LogP contribution in [0.3, 0.4) is 0 Å². The van der Waals surface area contributed by atoms with E-state index in [1.165, 1.54) is 18.2 Å². The average molecular weight is 394 g/mol. The van der Waals surface area contributed by atoms with Crippen LogP contribution in [-0.4, -0.2) is 8.42 Å². The Labute approximate surface area is 135 Å². The summed E-state index contributed by atoms with van der Waals surface area (Å²) in [6.07, 6.45) is 0. The molecular weight excluding hydrogens is 383 g/mol. The van der Waals surface area contributed by atoms with Gasteiger partial charge in [0.25, 0.3) is 9.05 Å². The Morgan fingerprint density at radius 1 is 1.24 bits per heavy atom. The highest BCUT2D eigenvalue weighted by molar-refractivity contribution is 9.10. The molecule has 3 nitrogen and oxygen atoms in total. The fourth-order valence-corrected chi connectivity index (χ4v) is 3.40. The van der Waals surface area contributed by atoms with Gasteiger partial charge in [0.2, 0.25) is 0 Å². The Bertz CT molecular complexity index is 778. The maximum Gasteiger partial charge on any atom is 0.261 e. The van der Waals surface area contributed by atoms with Gasteiger partial charge in [0.05, 0.1) is 4.90 Å². The number of hydrogen-bond acceptors (Lipinski definition) is 3. The Morgan fingerprint density at radius 3 is 2.57 bits per heavy atom. The molecule has 0 N–H and O–H groups in total. The number of ether oxygens (including phenoxy) is 1. The zero-order valence-corrected chi connectivity index (χ0v) is 14.1. The monoisotopic (exact) mass is 392 g/mol. The summed E-state index contributed by atoms with van der Waals surface area (Å²) in [7, 11) is 1.52. The van der Waals surface area contributed by atoms with E-state index in [-0.39, 0.29) is 17.3 Å². The summed E-state index contributed by atoms with van der Waals surface area (Å²) >= 11 is 3.26. The third-order valence-electron chi connectivity index (χ3n) is 2.81. The van der Waals surface area contributed by atoms with Crippen molar-refractivity contribution in [3.05, 3.63) is 57.8 Å². The molecule has 0 bridgehead atoms. The van der Waals surface area contributed by atoms with Crippen LogP contribution in [0.2, 0.25) is 0 Å². The van der Waals surface area contributed by atoms with E-state index in [1.807, 2.05) is 0 Å². The fourth-order valence-electron chi connectivity index (χ4n) is 1.80. The lowest BCUT2D eigenvalue weighted by Gasteiger charge is -2.09. The molecule has 2 aromatic rings. The first-order valence-corrected chi connectivity index (χ1v) is 8.99. The number of rotatable bonds is 4. The van der Waals surface area contributed by atoms with Gasteiger partial charge in [-0.25, -0.2) is 12.8 Å². The van der Waals surface area contributed by atoms with Crippen molar-refractivity contribution in [3.63, 3.8) is 0 Å². The van der Waals surface area contributed by atoms with Gasteiger partial charge >= 0.3 is 0 Å². The van der Waals surface area contributed by atoms with E-state index in [9.17, 15) is 12.8 Å². The molecule has 21 heavy (non-hydrogen) atoms. The van der Waals surface area contributed by atoms with E-state index in [0.717, 1.165) is 4.47 Å². The predicted octanol–water partition coefficient (Wildman–Crippen LogP) is 4.40. The molecule has 0 amide bonds. The zero-order chi connectivity index (χ0) is 15.6. The van der Waals surface area contributed by atoms with E-state index < -0.39 is 9.05 Å². The highest BCUT2D eigenvalue weighted by Gasteiger charge is 2.14. The molecule has 0 aromatic heterocycles. The SMILES string of the molecule is Cc1cc(OCc2cc(Br)ccc2F)ccc1S(=O)(=O)Cl. The third kappa shape index (κ3) is 4.18. The van der Waals surface area contributed by atoms with Crippen molar-refractivity contribution in [2.24, 2.45) is 0 Å². The maximum atomic E-state index is 13.6. The van der Waals surface area contributed by atoms with Crippen molar-refractivity contribution in [3.8, 4) is 5.75 Å². The predicted molar refractivity (Wildman–Crippen MR) is 82.6 cm³/mol. The highest BCUT2D eigenvalue weighted by atomic mass is 79.9. The van der Waals surface area contributed by atoms with Crippen molar-refractivity contribution in [2.45, 2.75) is 18.4 Å². The first-order chi connectivity index (χ1) is 9.77. The molecule has 0 fully saturated rings. The summed E-state index contributed by atoms with van der Waals surface area (Å²) < 4.78 is 42.4. The van der Waals surface area contributed by atoms with E-state index >= 15 is 0 Å². The van der Waals surface area contributed by atoms with Gasteiger partial charge < -0.3 is 4.74 Å². The molecule has 112 valence electrons. The summed E-state index contributed by atoms with van der Waals surface area (Å²) in [5, 5.41) is 0. The summed E-state index contributed by atoms with van der Waals surface area (Å²) in [4.78, 5) is 0.0325. The molecule has 0 radical (unpaired) electrons. The van der Waals surface area contributed by atoms with Crippen LogP contribution in [0.25, 0.3) is 0 Å². The van der Waals surface area contributed by atoms with E-state index in [1.54, 1.807) is 25.1 Å². The van der Waals surface area contributed by atoms with Gasteiger partial charge in [0.1, 0.15) is 18.2 Å². The third-order valence-corrected chi connectivity index (χ3v) is 4.79. The van der Waals surface area contributed by atoms with Crippen LogP contribution in [0.5, 0.6) is 5.75 Å². The summed E-state index contributed by atoms with van der Waals surface area (Å²) in [6.45, 7) is 1.65. The molecular formula is C14H11BrClFO3S. The number of hydrogen-bond donors (Lipinski definition) is 0. The number of benzene rings is 2.